The molecule has 0 saturated carbocycles. The predicted octanol–water partition coefficient (Wildman–Crippen LogP) is 4.00. The van der Waals surface area contributed by atoms with Gasteiger partial charge in [0.05, 0.1) is 7.11 Å². The lowest BCUT2D eigenvalue weighted by Gasteiger charge is -2.18. The number of rotatable bonds is 10. The van der Waals surface area contributed by atoms with Crippen LogP contribution in [-0.2, 0) is 6.42 Å². The molecule has 0 fully saturated rings. The second-order valence-corrected chi connectivity index (χ2v) is 6.65. The fraction of sp³-hybridized carbons (Fsp3) is 0.647. The van der Waals surface area contributed by atoms with E-state index in [1.54, 1.807) is 7.11 Å². The third-order valence-electron chi connectivity index (χ3n) is 3.20. The van der Waals surface area contributed by atoms with E-state index in [1.165, 1.54) is 23.5 Å². The first-order valence-corrected chi connectivity index (χ1v) is 8.75. The highest BCUT2D eigenvalue weighted by atomic mass is 32.2. The lowest BCUT2D eigenvalue weighted by molar-refractivity contribution is 0.414. The molecule has 0 heterocycles. The molecule has 0 aromatic heterocycles. The van der Waals surface area contributed by atoms with Crippen molar-refractivity contribution in [1.82, 2.24) is 5.32 Å². The van der Waals surface area contributed by atoms with Crippen molar-refractivity contribution in [3.05, 3.63) is 29.8 Å². The lowest BCUT2D eigenvalue weighted by atomic mass is 10.1. The molecule has 0 aliphatic rings. The molecule has 1 atom stereocenters. The number of hydrogen-bond acceptors (Lipinski definition) is 3. The molecule has 1 rings (SSSR count). The van der Waals surface area contributed by atoms with E-state index in [0.29, 0.717) is 6.04 Å². The van der Waals surface area contributed by atoms with Crippen LogP contribution in [0, 0.1) is 5.92 Å². The van der Waals surface area contributed by atoms with Gasteiger partial charge in [-0.3, -0.25) is 0 Å². The number of aryl methyl sites for hydroxylation is 1. The maximum Gasteiger partial charge on any atom is 0.118 e. The van der Waals surface area contributed by atoms with Crippen molar-refractivity contribution in [2.24, 2.45) is 5.92 Å². The van der Waals surface area contributed by atoms with Crippen molar-refractivity contribution in [2.75, 3.05) is 25.2 Å². The van der Waals surface area contributed by atoms with Gasteiger partial charge in [0.15, 0.2) is 0 Å². The quantitative estimate of drug-likeness (QED) is 0.705. The number of thioether (sulfide) groups is 1. The van der Waals surface area contributed by atoms with Gasteiger partial charge in [-0.2, -0.15) is 11.8 Å². The van der Waals surface area contributed by atoms with Crippen molar-refractivity contribution < 1.29 is 4.74 Å². The summed E-state index contributed by atoms with van der Waals surface area (Å²) < 4.78 is 5.19. The molecule has 0 aliphatic heterocycles. The normalized spacial score (nSPS) is 12.7. The molecule has 0 aliphatic carbocycles. The molecule has 0 saturated heterocycles. The summed E-state index contributed by atoms with van der Waals surface area (Å²) in [7, 11) is 1.71. The van der Waals surface area contributed by atoms with Gasteiger partial charge in [-0.05, 0) is 48.8 Å². The molecule has 0 bridgehead atoms. The minimum atomic E-state index is 0.617. The molecular weight excluding hydrogens is 266 g/mol. The minimum absolute atomic E-state index is 0.617. The van der Waals surface area contributed by atoms with E-state index in [2.05, 4.69) is 50.0 Å². The monoisotopic (exact) mass is 295 g/mol. The van der Waals surface area contributed by atoms with Crippen LogP contribution in [0.1, 0.15) is 32.8 Å². The zero-order valence-corrected chi connectivity index (χ0v) is 14.1. The van der Waals surface area contributed by atoms with E-state index in [4.69, 9.17) is 4.74 Å². The van der Waals surface area contributed by atoms with Crippen molar-refractivity contribution in [3.63, 3.8) is 0 Å². The molecule has 1 aromatic rings. The predicted molar refractivity (Wildman–Crippen MR) is 90.9 cm³/mol. The SMILES string of the molecule is CCNC(CCc1ccc(OC)cc1)CSCC(C)C. The van der Waals surface area contributed by atoms with E-state index >= 15 is 0 Å². The topological polar surface area (TPSA) is 21.3 Å². The molecule has 3 heteroatoms. The van der Waals surface area contributed by atoms with Crippen LogP contribution in [-0.4, -0.2) is 31.2 Å². The summed E-state index contributed by atoms with van der Waals surface area (Å²) in [6.07, 6.45) is 2.33. The van der Waals surface area contributed by atoms with Gasteiger partial charge in [0.1, 0.15) is 5.75 Å². The first-order chi connectivity index (χ1) is 9.65. The van der Waals surface area contributed by atoms with Crippen LogP contribution in [0.25, 0.3) is 0 Å². The third-order valence-corrected chi connectivity index (χ3v) is 4.74. The highest BCUT2D eigenvalue weighted by molar-refractivity contribution is 7.99. The third kappa shape index (κ3) is 7.20. The van der Waals surface area contributed by atoms with Crippen molar-refractivity contribution in [1.29, 1.82) is 0 Å². The smallest absolute Gasteiger partial charge is 0.118 e. The van der Waals surface area contributed by atoms with E-state index in [1.807, 2.05) is 12.1 Å². The van der Waals surface area contributed by atoms with Crippen LogP contribution in [0.15, 0.2) is 24.3 Å². The van der Waals surface area contributed by atoms with Gasteiger partial charge in [-0.1, -0.05) is 32.9 Å². The Balaban J connectivity index is 2.36. The molecule has 1 unspecified atom stereocenters. The molecule has 114 valence electrons. The fourth-order valence-electron chi connectivity index (χ4n) is 2.11. The summed E-state index contributed by atoms with van der Waals surface area (Å²) in [5.41, 5.74) is 1.39. The molecule has 20 heavy (non-hydrogen) atoms. The maximum absolute atomic E-state index is 5.19. The van der Waals surface area contributed by atoms with Gasteiger partial charge >= 0.3 is 0 Å². The van der Waals surface area contributed by atoms with Gasteiger partial charge in [0, 0.05) is 11.8 Å². The van der Waals surface area contributed by atoms with Gasteiger partial charge < -0.3 is 10.1 Å². The average molecular weight is 295 g/mol. The molecular formula is C17H29NOS. The molecule has 1 N–H and O–H groups in total. The van der Waals surface area contributed by atoms with Crippen molar-refractivity contribution >= 4 is 11.8 Å². The highest BCUT2D eigenvalue weighted by Crippen LogP contribution is 2.15. The summed E-state index contributed by atoms with van der Waals surface area (Å²) in [5.74, 6) is 4.18. The summed E-state index contributed by atoms with van der Waals surface area (Å²) in [5, 5.41) is 3.60. The fourth-order valence-corrected chi connectivity index (χ4v) is 3.29. The maximum atomic E-state index is 5.19. The van der Waals surface area contributed by atoms with Crippen LogP contribution in [0.3, 0.4) is 0 Å². The Morgan fingerprint density at radius 3 is 2.40 bits per heavy atom. The molecule has 0 spiro atoms. The van der Waals surface area contributed by atoms with Gasteiger partial charge in [0.2, 0.25) is 0 Å². The van der Waals surface area contributed by atoms with E-state index < -0.39 is 0 Å². The van der Waals surface area contributed by atoms with Crippen LogP contribution in [0.2, 0.25) is 0 Å². The first kappa shape index (κ1) is 17.4. The number of ether oxygens (including phenoxy) is 1. The zero-order chi connectivity index (χ0) is 14.8. The summed E-state index contributed by atoms with van der Waals surface area (Å²) in [6.45, 7) is 7.81. The van der Waals surface area contributed by atoms with E-state index in [-0.39, 0.29) is 0 Å². The highest BCUT2D eigenvalue weighted by Gasteiger charge is 2.08. The lowest BCUT2D eigenvalue weighted by Crippen LogP contribution is -2.31. The van der Waals surface area contributed by atoms with Crippen molar-refractivity contribution in [3.8, 4) is 5.75 Å². The Bertz CT molecular complexity index is 351. The Hall–Kier alpha value is -0.670. The number of methoxy groups -OCH3 is 1. The van der Waals surface area contributed by atoms with Crippen LogP contribution >= 0.6 is 11.8 Å². The Morgan fingerprint density at radius 1 is 1.15 bits per heavy atom. The average Bonchev–Trinajstić information content (AvgIpc) is 2.45. The summed E-state index contributed by atoms with van der Waals surface area (Å²) in [6, 6.07) is 9.05. The Labute approximate surface area is 128 Å². The molecule has 1 aromatic carbocycles. The standard InChI is InChI=1S/C17H29NOS/c1-5-18-16(13-20-12-14(2)3)9-6-15-7-10-17(19-4)11-8-15/h7-8,10-11,14,16,18H,5-6,9,12-13H2,1-4H3. The van der Waals surface area contributed by atoms with Crippen LogP contribution in [0.5, 0.6) is 5.75 Å². The molecule has 0 radical (unpaired) electrons. The van der Waals surface area contributed by atoms with Crippen LogP contribution in [0.4, 0.5) is 0 Å². The number of hydrogen-bond donors (Lipinski definition) is 1. The van der Waals surface area contributed by atoms with E-state index in [0.717, 1.165) is 24.6 Å². The van der Waals surface area contributed by atoms with Crippen LogP contribution < -0.4 is 10.1 Å². The number of benzene rings is 1. The van der Waals surface area contributed by atoms with E-state index in [9.17, 15) is 0 Å². The second kappa shape index (κ2) is 10.1. The van der Waals surface area contributed by atoms with Gasteiger partial charge in [0.25, 0.3) is 0 Å². The first-order valence-electron chi connectivity index (χ1n) is 7.59. The largest absolute Gasteiger partial charge is 0.497 e. The Morgan fingerprint density at radius 2 is 1.85 bits per heavy atom. The summed E-state index contributed by atoms with van der Waals surface area (Å²) >= 11 is 2.07. The molecule has 0 amide bonds. The minimum Gasteiger partial charge on any atom is -0.497 e. The zero-order valence-electron chi connectivity index (χ0n) is 13.3. The summed E-state index contributed by atoms with van der Waals surface area (Å²) in [4.78, 5) is 0. The van der Waals surface area contributed by atoms with Gasteiger partial charge in [-0.25, -0.2) is 0 Å². The van der Waals surface area contributed by atoms with Gasteiger partial charge in [-0.15, -0.1) is 0 Å². The number of nitrogens with one attached hydrogen (secondary N) is 1. The van der Waals surface area contributed by atoms with Crippen molar-refractivity contribution in [2.45, 2.75) is 39.7 Å². The Kier molecular flexibility index (Phi) is 8.79. The second-order valence-electron chi connectivity index (χ2n) is 5.57. The molecule has 2 nitrogen and oxygen atoms in total.